The van der Waals surface area contributed by atoms with Crippen LogP contribution in [0.3, 0.4) is 0 Å². The Morgan fingerprint density at radius 1 is 1.38 bits per heavy atom. The van der Waals surface area contributed by atoms with Crippen molar-refractivity contribution in [3.05, 3.63) is 30.3 Å². The maximum absolute atomic E-state index is 14.9. The van der Waals surface area contributed by atoms with E-state index < -0.39 is 29.0 Å². The Morgan fingerprint density at radius 3 is 2.67 bits per heavy atom. The van der Waals surface area contributed by atoms with Crippen LogP contribution in [0.5, 0.6) is 0 Å². The molecule has 6 nitrogen and oxygen atoms in total. The molecular weight excluding hydrogens is 299 g/mol. The Bertz CT molecular complexity index is 569. The van der Waals surface area contributed by atoms with Crippen molar-refractivity contribution in [3.8, 4) is 0 Å². The molecule has 21 heavy (non-hydrogen) atoms. The van der Waals surface area contributed by atoms with Crippen LogP contribution < -0.4 is 10.6 Å². The summed E-state index contributed by atoms with van der Waals surface area (Å²) < 4.78 is 19.6. The molecule has 2 atom stereocenters. The number of imide groups is 1. The zero-order valence-electron chi connectivity index (χ0n) is 11.1. The van der Waals surface area contributed by atoms with E-state index in [0.29, 0.717) is 4.90 Å². The van der Waals surface area contributed by atoms with Crippen molar-refractivity contribution < 1.29 is 23.5 Å². The molecule has 8 heteroatoms. The van der Waals surface area contributed by atoms with Crippen LogP contribution in [-0.2, 0) is 14.3 Å². The average Bonchev–Trinajstić information content (AvgIpc) is 2.45. The van der Waals surface area contributed by atoms with Gasteiger partial charge in [0.1, 0.15) is 5.37 Å². The number of carbonyl (C=O) groups is 3. The lowest BCUT2D eigenvalue weighted by Crippen LogP contribution is -2.69. The summed E-state index contributed by atoms with van der Waals surface area (Å²) in [6.45, 7) is 1.42. The van der Waals surface area contributed by atoms with Gasteiger partial charge in [-0.1, -0.05) is 30.0 Å². The smallest absolute Gasteiger partial charge is 0.357 e. The predicted molar refractivity (Wildman–Crippen MR) is 73.2 cm³/mol. The van der Waals surface area contributed by atoms with Gasteiger partial charge in [-0.05, 0) is 19.1 Å². The van der Waals surface area contributed by atoms with Crippen molar-refractivity contribution in [2.45, 2.75) is 22.9 Å². The number of thioether (sulfide) groups is 1. The molecule has 1 heterocycles. The van der Waals surface area contributed by atoms with E-state index in [1.165, 1.54) is 6.92 Å². The molecule has 2 rings (SSSR count). The van der Waals surface area contributed by atoms with Gasteiger partial charge >= 0.3 is 17.7 Å². The number of benzene rings is 1. The molecule has 0 aliphatic carbocycles. The Balaban J connectivity index is 2.30. The van der Waals surface area contributed by atoms with E-state index in [1.54, 1.807) is 35.6 Å². The third kappa shape index (κ3) is 2.99. The first kappa shape index (κ1) is 15.3. The summed E-state index contributed by atoms with van der Waals surface area (Å²) in [5.41, 5.74) is -2.98. The van der Waals surface area contributed by atoms with E-state index in [-0.39, 0.29) is 6.61 Å². The molecule has 0 saturated carbocycles. The lowest BCUT2D eigenvalue weighted by atomic mass is 10.0. The molecule has 1 aliphatic rings. The second-order valence-corrected chi connectivity index (χ2v) is 5.35. The number of carbonyl (C=O) groups excluding carboxylic acids is 3. The van der Waals surface area contributed by atoms with Crippen molar-refractivity contribution in [1.82, 2.24) is 10.6 Å². The van der Waals surface area contributed by atoms with Gasteiger partial charge in [0.25, 0.3) is 5.91 Å². The third-order valence-corrected chi connectivity index (χ3v) is 3.97. The molecule has 0 aromatic heterocycles. The van der Waals surface area contributed by atoms with Crippen LogP contribution in [0.1, 0.15) is 6.92 Å². The minimum absolute atomic E-state index is 0.0749. The highest BCUT2D eigenvalue weighted by atomic mass is 32.2. The molecule has 0 bridgehead atoms. The number of rotatable bonds is 4. The van der Waals surface area contributed by atoms with E-state index in [4.69, 9.17) is 0 Å². The van der Waals surface area contributed by atoms with Crippen molar-refractivity contribution in [2.24, 2.45) is 0 Å². The summed E-state index contributed by atoms with van der Waals surface area (Å²) in [6, 6.07) is 7.70. The second kappa shape index (κ2) is 6.13. The number of ether oxygens (including phenoxy) is 1. The van der Waals surface area contributed by atoms with Gasteiger partial charge in [0.15, 0.2) is 0 Å². The largest absolute Gasteiger partial charge is 0.463 e. The van der Waals surface area contributed by atoms with Gasteiger partial charge in [-0.3, -0.25) is 10.1 Å². The molecule has 1 aliphatic heterocycles. The Morgan fingerprint density at radius 2 is 2.05 bits per heavy atom. The van der Waals surface area contributed by atoms with Crippen LogP contribution in [-0.4, -0.2) is 35.6 Å². The highest BCUT2D eigenvalue weighted by molar-refractivity contribution is 8.00. The van der Waals surface area contributed by atoms with Gasteiger partial charge in [0.2, 0.25) is 0 Å². The van der Waals surface area contributed by atoms with Gasteiger partial charge in [-0.15, -0.1) is 0 Å². The fourth-order valence-electron chi connectivity index (χ4n) is 1.75. The number of nitrogens with one attached hydrogen (secondary N) is 2. The summed E-state index contributed by atoms with van der Waals surface area (Å²) in [5.74, 6) is -2.64. The zero-order chi connectivity index (χ0) is 15.5. The van der Waals surface area contributed by atoms with Gasteiger partial charge in [-0.2, -0.15) is 0 Å². The van der Waals surface area contributed by atoms with Crippen molar-refractivity contribution in [2.75, 3.05) is 6.61 Å². The fraction of sp³-hybridized carbons (Fsp3) is 0.308. The predicted octanol–water partition coefficient (Wildman–Crippen LogP) is 1.22. The molecule has 1 fully saturated rings. The molecule has 1 saturated heterocycles. The Kier molecular flexibility index (Phi) is 4.46. The number of hydrogen-bond donors (Lipinski definition) is 2. The summed E-state index contributed by atoms with van der Waals surface area (Å²) in [6.07, 6.45) is 0. The van der Waals surface area contributed by atoms with Crippen LogP contribution in [0.2, 0.25) is 0 Å². The minimum Gasteiger partial charge on any atom is -0.463 e. The lowest BCUT2D eigenvalue weighted by Gasteiger charge is -2.34. The maximum atomic E-state index is 14.9. The van der Waals surface area contributed by atoms with Crippen LogP contribution in [0.4, 0.5) is 9.18 Å². The first-order valence-electron chi connectivity index (χ1n) is 6.18. The molecule has 2 N–H and O–H groups in total. The second-order valence-electron chi connectivity index (χ2n) is 4.17. The first-order chi connectivity index (χ1) is 9.98. The summed E-state index contributed by atoms with van der Waals surface area (Å²) in [5, 5.41) is 2.59. The molecular formula is C13H13FN2O4S. The number of hydrogen-bond acceptors (Lipinski definition) is 5. The first-order valence-corrected chi connectivity index (χ1v) is 7.06. The summed E-state index contributed by atoms with van der Waals surface area (Å²) in [7, 11) is 0. The standard InChI is InChI=1S/C13H13FN2O4S/c1-2-20-11(18)13(14)9(17)15-12(19)16-10(13)21-8-6-4-3-5-7-8/h3-7,10H,2H2,1H3,(H2,15,16,17,19). The summed E-state index contributed by atoms with van der Waals surface area (Å²) >= 11 is 0.865. The zero-order valence-corrected chi connectivity index (χ0v) is 11.9. The number of esters is 1. The number of halogens is 1. The van der Waals surface area contributed by atoms with Crippen LogP contribution in [0.15, 0.2) is 35.2 Å². The normalized spacial score (nSPS) is 25.0. The van der Waals surface area contributed by atoms with Crippen LogP contribution >= 0.6 is 11.8 Å². The topological polar surface area (TPSA) is 84.5 Å². The molecule has 3 amide bonds. The highest BCUT2D eigenvalue weighted by Gasteiger charge is 2.59. The molecule has 1 aromatic rings. The maximum Gasteiger partial charge on any atom is 0.357 e. The van der Waals surface area contributed by atoms with Crippen molar-refractivity contribution >= 4 is 29.7 Å². The molecule has 0 radical (unpaired) electrons. The van der Waals surface area contributed by atoms with E-state index >= 15 is 0 Å². The fourth-order valence-corrected chi connectivity index (χ4v) is 2.87. The van der Waals surface area contributed by atoms with Crippen molar-refractivity contribution in [3.63, 3.8) is 0 Å². The SMILES string of the molecule is CCOC(=O)C1(F)C(=O)NC(=O)NC1Sc1ccccc1. The summed E-state index contributed by atoms with van der Waals surface area (Å²) in [4.78, 5) is 35.6. The van der Waals surface area contributed by atoms with E-state index in [0.717, 1.165) is 11.8 Å². The van der Waals surface area contributed by atoms with E-state index in [2.05, 4.69) is 10.1 Å². The highest BCUT2D eigenvalue weighted by Crippen LogP contribution is 2.34. The van der Waals surface area contributed by atoms with E-state index in [9.17, 15) is 18.8 Å². The lowest BCUT2D eigenvalue weighted by molar-refractivity contribution is -0.163. The van der Waals surface area contributed by atoms with Crippen molar-refractivity contribution in [1.29, 1.82) is 0 Å². The monoisotopic (exact) mass is 312 g/mol. The number of alkyl halides is 1. The number of amides is 3. The van der Waals surface area contributed by atoms with Gasteiger partial charge in [0, 0.05) is 4.90 Å². The third-order valence-electron chi connectivity index (χ3n) is 2.75. The minimum atomic E-state index is -2.98. The quantitative estimate of drug-likeness (QED) is 0.645. The van der Waals surface area contributed by atoms with Crippen LogP contribution in [0.25, 0.3) is 0 Å². The van der Waals surface area contributed by atoms with Crippen LogP contribution in [0, 0.1) is 0 Å². The van der Waals surface area contributed by atoms with Gasteiger partial charge in [-0.25, -0.2) is 14.0 Å². The van der Waals surface area contributed by atoms with Gasteiger partial charge in [0.05, 0.1) is 6.61 Å². The molecule has 112 valence electrons. The molecule has 1 aromatic carbocycles. The number of urea groups is 1. The van der Waals surface area contributed by atoms with Gasteiger partial charge < -0.3 is 10.1 Å². The Hall–Kier alpha value is -2.09. The molecule has 2 unspecified atom stereocenters. The average molecular weight is 312 g/mol. The Labute approximate surface area is 124 Å². The van der Waals surface area contributed by atoms with E-state index in [1.807, 2.05) is 0 Å². The molecule has 0 spiro atoms.